The minimum atomic E-state index is -1.01. The Kier molecular flexibility index (Phi) is 7.17. The van der Waals surface area contributed by atoms with Gasteiger partial charge in [-0.25, -0.2) is 4.79 Å². The van der Waals surface area contributed by atoms with E-state index in [-0.39, 0.29) is 5.91 Å². The summed E-state index contributed by atoms with van der Waals surface area (Å²) in [4.78, 5) is 30.2. The molecule has 2 aromatic carbocycles. The van der Waals surface area contributed by atoms with E-state index in [1.165, 1.54) is 6.08 Å². The number of para-hydroxylation sites is 1. The lowest BCUT2D eigenvalue weighted by Gasteiger charge is -2.18. The summed E-state index contributed by atoms with van der Waals surface area (Å²) in [5, 5.41) is 12.6. The topological polar surface area (TPSA) is 82.5 Å². The van der Waals surface area contributed by atoms with Crippen LogP contribution < -0.4 is 10.2 Å². The third-order valence-electron chi connectivity index (χ3n) is 4.84. The Morgan fingerprint density at radius 1 is 1.10 bits per heavy atom. The number of fused-ring (bicyclic) bond motifs is 1. The van der Waals surface area contributed by atoms with E-state index in [2.05, 4.69) is 10.3 Å². The Morgan fingerprint density at radius 3 is 2.55 bits per heavy atom. The van der Waals surface area contributed by atoms with Gasteiger partial charge in [0.05, 0.1) is 23.3 Å². The molecular formula is C25H25N3O3. The monoisotopic (exact) mass is 415 g/mol. The number of hydrogen-bond acceptors (Lipinski definition) is 4. The summed E-state index contributed by atoms with van der Waals surface area (Å²) in [7, 11) is 3.92. The van der Waals surface area contributed by atoms with Crippen molar-refractivity contribution in [2.24, 2.45) is 0 Å². The van der Waals surface area contributed by atoms with Crippen LogP contribution in [0.2, 0.25) is 0 Å². The number of nitrogens with zero attached hydrogens (tertiary/aromatic N) is 2. The zero-order valence-electron chi connectivity index (χ0n) is 17.5. The molecule has 6 nitrogen and oxygen atoms in total. The lowest BCUT2D eigenvalue weighted by Crippen LogP contribution is -2.21. The van der Waals surface area contributed by atoms with Gasteiger partial charge in [0, 0.05) is 31.2 Å². The highest BCUT2D eigenvalue weighted by molar-refractivity contribution is 5.97. The van der Waals surface area contributed by atoms with E-state index < -0.39 is 11.9 Å². The summed E-state index contributed by atoms with van der Waals surface area (Å²) in [5.41, 5.74) is 3.42. The van der Waals surface area contributed by atoms with E-state index in [0.717, 1.165) is 28.2 Å². The van der Waals surface area contributed by atoms with Crippen molar-refractivity contribution in [2.45, 2.75) is 12.3 Å². The molecule has 0 aliphatic heterocycles. The number of carboxylic acid groups (broad SMARTS) is 1. The summed E-state index contributed by atoms with van der Waals surface area (Å²) >= 11 is 0. The SMILES string of the molecule is CN(C)c1ccc([C@@H](CC=CC=CC(=O)O)C(=O)Nc2cnc3ccccc3c2)cc1. The molecule has 0 bridgehead atoms. The Bertz CT molecular complexity index is 1120. The number of nitrogens with one attached hydrogen (secondary N) is 1. The molecule has 3 rings (SSSR count). The summed E-state index contributed by atoms with van der Waals surface area (Å²) < 4.78 is 0. The van der Waals surface area contributed by atoms with Gasteiger partial charge in [0.2, 0.25) is 5.91 Å². The Hall–Kier alpha value is -3.93. The van der Waals surface area contributed by atoms with Gasteiger partial charge in [-0.1, -0.05) is 48.6 Å². The Morgan fingerprint density at radius 2 is 1.84 bits per heavy atom. The van der Waals surface area contributed by atoms with Crippen molar-refractivity contribution in [3.63, 3.8) is 0 Å². The Labute approximate surface area is 181 Å². The summed E-state index contributed by atoms with van der Waals surface area (Å²) in [6, 6.07) is 17.5. The predicted octanol–water partition coefficient (Wildman–Crippen LogP) is 4.61. The van der Waals surface area contributed by atoms with Gasteiger partial charge in [-0.2, -0.15) is 0 Å². The number of benzene rings is 2. The third-order valence-corrected chi connectivity index (χ3v) is 4.84. The second-order valence-corrected chi connectivity index (χ2v) is 7.31. The highest BCUT2D eigenvalue weighted by Crippen LogP contribution is 2.25. The van der Waals surface area contributed by atoms with Crippen molar-refractivity contribution in [3.05, 3.63) is 90.7 Å². The average Bonchev–Trinajstić information content (AvgIpc) is 2.76. The molecule has 0 radical (unpaired) electrons. The number of rotatable bonds is 8. The van der Waals surface area contributed by atoms with Gasteiger partial charge in [0.1, 0.15) is 0 Å². The molecule has 1 atom stereocenters. The maximum absolute atomic E-state index is 13.1. The van der Waals surface area contributed by atoms with Crippen molar-refractivity contribution in [1.82, 2.24) is 4.98 Å². The van der Waals surface area contributed by atoms with Gasteiger partial charge in [0.15, 0.2) is 0 Å². The molecule has 6 heteroatoms. The molecule has 1 aromatic heterocycles. The summed E-state index contributed by atoms with van der Waals surface area (Å²) in [5.74, 6) is -1.60. The molecule has 31 heavy (non-hydrogen) atoms. The van der Waals surface area contributed by atoms with Gasteiger partial charge in [-0.15, -0.1) is 0 Å². The number of amides is 1. The maximum atomic E-state index is 13.1. The zero-order valence-corrected chi connectivity index (χ0v) is 17.5. The number of carboxylic acids is 1. The van der Waals surface area contributed by atoms with Crippen LogP contribution in [0, 0.1) is 0 Å². The zero-order chi connectivity index (χ0) is 22.2. The average molecular weight is 415 g/mol. The van der Waals surface area contributed by atoms with E-state index in [9.17, 15) is 9.59 Å². The molecule has 3 aromatic rings. The van der Waals surface area contributed by atoms with Crippen LogP contribution in [-0.4, -0.2) is 36.1 Å². The number of hydrogen-bond donors (Lipinski definition) is 2. The third kappa shape index (κ3) is 6.02. The molecule has 158 valence electrons. The first-order valence-electron chi connectivity index (χ1n) is 9.93. The highest BCUT2D eigenvalue weighted by atomic mass is 16.4. The van der Waals surface area contributed by atoms with E-state index in [4.69, 9.17) is 5.11 Å². The van der Waals surface area contributed by atoms with Crippen molar-refractivity contribution in [2.75, 3.05) is 24.3 Å². The summed E-state index contributed by atoms with van der Waals surface area (Å²) in [6.45, 7) is 0. The van der Waals surface area contributed by atoms with Crippen molar-refractivity contribution in [3.8, 4) is 0 Å². The van der Waals surface area contributed by atoms with Crippen LogP contribution in [-0.2, 0) is 9.59 Å². The molecule has 2 N–H and O–H groups in total. The van der Waals surface area contributed by atoms with Crippen LogP contribution in [0.5, 0.6) is 0 Å². The first kappa shape index (κ1) is 21.8. The molecule has 1 heterocycles. The van der Waals surface area contributed by atoms with Gasteiger partial charge in [-0.3, -0.25) is 9.78 Å². The Balaban J connectivity index is 1.82. The highest BCUT2D eigenvalue weighted by Gasteiger charge is 2.20. The van der Waals surface area contributed by atoms with Crippen LogP contribution >= 0.6 is 0 Å². The molecule has 0 saturated carbocycles. The fourth-order valence-electron chi connectivity index (χ4n) is 3.20. The first-order chi connectivity index (χ1) is 14.9. The standard InChI is InChI=1S/C25H25N3O3/c1-28(2)21-14-12-18(13-15-21)22(9-4-3-5-11-24(29)30)25(31)27-20-16-19-8-6-7-10-23(19)26-17-20/h3-8,10-17,22H,9H2,1-2H3,(H,27,31)(H,29,30)/t22-/m1/s1. The van der Waals surface area contributed by atoms with Crippen LogP contribution in [0.15, 0.2) is 85.1 Å². The van der Waals surface area contributed by atoms with E-state index in [0.29, 0.717) is 12.1 Å². The quantitative estimate of drug-likeness (QED) is 0.415. The first-order valence-corrected chi connectivity index (χ1v) is 9.93. The molecule has 1 amide bonds. The van der Waals surface area contributed by atoms with Crippen LogP contribution in [0.1, 0.15) is 17.9 Å². The normalized spacial score (nSPS) is 12.3. The number of aliphatic carboxylic acids is 1. The van der Waals surface area contributed by atoms with Crippen LogP contribution in [0.4, 0.5) is 11.4 Å². The van der Waals surface area contributed by atoms with Gasteiger partial charge >= 0.3 is 5.97 Å². The fourth-order valence-corrected chi connectivity index (χ4v) is 3.20. The smallest absolute Gasteiger partial charge is 0.328 e. The number of carbonyl (C=O) groups excluding carboxylic acids is 1. The number of pyridine rings is 1. The minimum absolute atomic E-state index is 0.151. The molecule has 0 aliphatic rings. The predicted molar refractivity (Wildman–Crippen MR) is 124 cm³/mol. The fraction of sp³-hybridized carbons (Fsp3) is 0.160. The largest absolute Gasteiger partial charge is 0.478 e. The molecule has 0 fully saturated rings. The van der Waals surface area contributed by atoms with Crippen molar-refractivity contribution >= 4 is 34.2 Å². The number of allylic oxidation sites excluding steroid dienone is 3. The number of anilines is 2. The van der Waals surface area contributed by atoms with E-state index in [1.54, 1.807) is 18.3 Å². The van der Waals surface area contributed by atoms with E-state index in [1.807, 2.05) is 73.6 Å². The second kappa shape index (κ2) is 10.2. The number of aromatic nitrogens is 1. The van der Waals surface area contributed by atoms with Crippen molar-refractivity contribution < 1.29 is 14.7 Å². The molecule has 0 spiro atoms. The maximum Gasteiger partial charge on any atom is 0.328 e. The lowest BCUT2D eigenvalue weighted by atomic mass is 9.94. The van der Waals surface area contributed by atoms with Crippen LogP contribution in [0.25, 0.3) is 10.9 Å². The molecule has 0 aliphatic carbocycles. The van der Waals surface area contributed by atoms with E-state index >= 15 is 0 Å². The van der Waals surface area contributed by atoms with Gasteiger partial charge in [0.25, 0.3) is 0 Å². The van der Waals surface area contributed by atoms with Crippen LogP contribution in [0.3, 0.4) is 0 Å². The molecule has 0 saturated heterocycles. The van der Waals surface area contributed by atoms with Crippen molar-refractivity contribution in [1.29, 1.82) is 0 Å². The van der Waals surface area contributed by atoms with Gasteiger partial charge in [-0.05, 0) is 36.2 Å². The minimum Gasteiger partial charge on any atom is -0.478 e. The molecular weight excluding hydrogens is 390 g/mol. The lowest BCUT2D eigenvalue weighted by molar-refractivity contribution is -0.131. The molecule has 0 unspecified atom stereocenters. The van der Waals surface area contributed by atoms with Gasteiger partial charge < -0.3 is 15.3 Å². The number of carbonyl (C=O) groups is 2. The second-order valence-electron chi connectivity index (χ2n) is 7.31. The summed E-state index contributed by atoms with van der Waals surface area (Å²) in [6.07, 6.45) is 8.01.